The number of para-hydroxylation sites is 3. The van der Waals surface area contributed by atoms with E-state index in [4.69, 9.17) is 0 Å². The fraction of sp³-hybridized carbons (Fsp3) is 0.0682. The van der Waals surface area contributed by atoms with Crippen molar-refractivity contribution in [3.8, 4) is 22.9 Å². The van der Waals surface area contributed by atoms with E-state index in [1.807, 2.05) is 18.2 Å². The molecule has 1 aliphatic carbocycles. The molecule has 1 unspecified atom stereocenters. The van der Waals surface area contributed by atoms with Crippen molar-refractivity contribution >= 4 is 44.3 Å². The SMILES string of the molecule is CC12CC=C(c3ccc4c(c3)c3ccccc3n4-c3ccccc3)C=C1c1ccccc1N2c1cccc(-c2cccc(C#N)c2)c1. The summed E-state index contributed by atoms with van der Waals surface area (Å²) >= 11 is 0. The van der Waals surface area contributed by atoms with E-state index in [9.17, 15) is 5.26 Å². The van der Waals surface area contributed by atoms with Gasteiger partial charge in [-0.05, 0) is 108 Å². The number of hydrogen-bond donors (Lipinski definition) is 0. The summed E-state index contributed by atoms with van der Waals surface area (Å²) in [5.41, 5.74) is 13.7. The molecule has 0 amide bonds. The van der Waals surface area contributed by atoms with Crippen molar-refractivity contribution in [1.29, 1.82) is 5.26 Å². The van der Waals surface area contributed by atoms with Gasteiger partial charge in [0.15, 0.2) is 0 Å². The van der Waals surface area contributed by atoms with E-state index in [2.05, 4.69) is 162 Å². The maximum Gasteiger partial charge on any atom is 0.0991 e. The van der Waals surface area contributed by atoms with Gasteiger partial charge in [-0.1, -0.05) is 91.0 Å². The third-order valence-corrected chi connectivity index (χ3v) is 9.98. The van der Waals surface area contributed by atoms with Gasteiger partial charge in [0.05, 0.1) is 28.2 Å². The molecule has 1 atom stereocenters. The lowest BCUT2D eigenvalue weighted by atomic mass is 9.79. The fourth-order valence-electron chi connectivity index (χ4n) is 7.76. The zero-order valence-corrected chi connectivity index (χ0v) is 26.1. The normalized spacial score (nSPS) is 16.8. The minimum Gasteiger partial charge on any atom is -0.331 e. The Morgan fingerprint density at radius 2 is 1.34 bits per heavy atom. The highest BCUT2D eigenvalue weighted by molar-refractivity contribution is 6.11. The number of anilines is 2. The van der Waals surface area contributed by atoms with Gasteiger partial charge in [-0.3, -0.25) is 0 Å². The van der Waals surface area contributed by atoms with Crippen LogP contribution in [0.25, 0.3) is 49.8 Å². The first-order valence-electron chi connectivity index (χ1n) is 16.1. The van der Waals surface area contributed by atoms with Gasteiger partial charge in [-0.2, -0.15) is 5.26 Å². The van der Waals surface area contributed by atoms with Crippen LogP contribution in [0.1, 0.15) is 30.0 Å². The highest BCUT2D eigenvalue weighted by Crippen LogP contribution is 2.55. The van der Waals surface area contributed by atoms with Crippen LogP contribution < -0.4 is 4.90 Å². The number of hydrogen-bond acceptors (Lipinski definition) is 2. The molecule has 0 fully saturated rings. The zero-order valence-electron chi connectivity index (χ0n) is 26.1. The van der Waals surface area contributed by atoms with E-state index >= 15 is 0 Å². The molecule has 47 heavy (non-hydrogen) atoms. The quantitative estimate of drug-likeness (QED) is 0.201. The van der Waals surface area contributed by atoms with Crippen LogP contribution in [-0.4, -0.2) is 10.1 Å². The van der Waals surface area contributed by atoms with Crippen LogP contribution in [0.3, 0.4) is 0 Å². The van der Waals surface area contributed by atoms with Gasteiger partial charge in [0.2, 0.25) is 0 Å². The second-order valence-electron chi connectivity index (χ2n) is 12.7. The highest BCUT2D eigenvalue weighted by Gasteiger charge is 2.45. The van der Waals surface area contributed by atoms with E-state index in [0.717, 1.165) is 23.2 Å². The maximum absolute atomic E-state index is 9.49. The first-order valence-corrected chi connectivity index (χ1v) is 16.1. The van der Waals surface area contributed by atoms with Crippen LogP contribution in [0.15, 0.2) is 158 Å². The smallest absolute Gasteiger partial charge is 0.0991 e. The Morgan fingerprint density at radius 1 is 0.617 bits per heavy atom. The lowest BCUT2D eigenvalue weighted by Gasteiger charge is -2.40. The van der Waals surface area contributed by atoms with Gasteiger partial charge in [-0.25, -0.2) is 0 Å². The summed E-state index contributed by atoms with van der Waals surface area (Å²) in [6.07, 6.45) is 5.71. The van der Waals surface area contributed by atoms with E-state index < -0.39 is 0 Å². The Morgan fingerprint density at radius 3 is 2.21 bits per heavy atom. The molecule has 222 valence electrons. The number of nitrogens with zero attached hydrogens (tertiary/aromatic N) is 3. The summed E-state index contributed by atoms with van der Waals surface area (Å²) in [6.45, 7) is 2.37. The number of nitriles is 1. The predicted octanol–water partition coefficient (Wildman–Crippen LogP) is 11.1. The molecule has 3 heteroatoms. The molecule has 3 nitrogen and oxygen atoms in total. The number of rotatable bonds is 4. The van der Waals surface area contributed by atoms with Crippen LogP contribution in [0.2, 0.25) is 0 Å². The minimum absolute atomic E-state index is 0.242. The number of allylic oxidation sites excluding steroid dienone is 2. The third-order valence-electron chi connectivity index (χ3n) is 9.98. The van der Waals surface area contributed by atoms with Gasteiger partial charge in [-0.15, -0.1) is 0 Å². The Labute approximate surface area is 274 Å². The van der Waals surface area contributed by atoms with Gasteiger partial charge in [0.1, 0.15) is 0 Å². The van der Waals surface area contributed by atoms with Gasteiger partial charge >= 0.3 is 0 Å². The topological polar surface area (TPSA) is 32.0 Å². The van der Waals surface area contributed by atoms with E-state index in [0.29, 0.717) is 5.56 Å². The molecule has 6 aromatic carbocycles. The molecule has 0 bridgehead atoms. The molecule has 1 aromatic heterocycles. The second-order valence-corrected chi connectivity index (χ2v) is 12.7. The molecule has 2 aliphatic rings. The lowest BCUT2D eigenvalue weighted by Crippen LogP contribution is -2.40. The standard InChI is InChI=1S/C44H31N3/c1-44-24-23-34(33-21-22-42-39(27-33)37-17-5-7-19-41(37)46(42)35-14-3-2-4-15-35)28-40(44)38-18-6-8-20-43(38)47(44)36-16-10-13-32(26-36)31-12-9-11-30(25-31)29-45/h2-23,25-28H,24H2,1H3. The largest absolute Gasteiger partial charge is 0.331 e. The Kier molecular flexibility index (Phi) is 6.07. The zero-order chi connectivity index (χ0) is 31.5. The lowest BCUT2D eigenvalue weighted by molar-refractivity contribution is 0.608. The molecular weight excluding hydrogens is 571 g/mol. The molecule has 0 saturated heterocycles. The van der Waals surface area contributed by atoms with Crippen LogP contribution >= 0.6 is 0 Å². The van der Waals surface area contributed by atoms with E-state index in [-0.39, 0.29) is 5.54 Å². The Bertz CT molecular complexity index is 2470. The summed E-state index contributed by atoms with van der Waals surface area (Å²) in [7, 11) is 0. The molecule has 0 N–H and O–H groups in total. The third kappa shape index (κ3) is 4.19. The van der Waals surface area contributed by atoms with Crippen molar-refractivity contribution in [1.82, 2.24) is 4.57 Å². The molecule has 0 spiro atoms. The minimum atomic E-state index is -0.242. The molecule has 7 aromatic rings. The van der Waals surface area contributed by atoms with Crippen LogP contribution in [0.5, 0.6) is 0 Å². The summed E-state index contributed by atoms with van der Waals surface area (Å²) in [5, 5.41) is 12.0. The van der Waals surface area contributed by atoms with Crippen molar-refractivity contribution in [3.63, 3.8) is 0 Å². The first kappa shape index (κ1) is 27.2. The van der Waals surface area contributed by atoms with Crippen LogP contribution in [0.4, 0.5) is 11.4 Å². The van der Waals surface area contributed by atoms with Crippen molar-refractivity contribution in [2.45, 2.75) is 18.9 Å². The van der Waals surface area contributed by atoms with E-state index in [1.54, 1.807) is 0 Å². The van der Waals surface area contributed by atoms with Crippen LogP contribution in [0, 0.1) is 11.3 Å². The summed E-state index contributed by atoms with van der Waals surface area (Å²) in [4.78, 5) is 2.51. The van der Waals surface area contributed by atoms with Crippen molar-refractivity contribution in [3.05, 3.63) is 174 Å². The monoisotopic (exact) mass is 601 g/mol. The van der Waals surface area contributed by atoms with Gasteiger partial charge in [0, 0.05) is 33.4 Å². The fourth-order valence-corrected chi connectivity index (χ4v) is 7.76. The Hall–Kier alpha value is -6.11. The molecule has 0 saturated carbocycles. The number of benzene rings is 6. The molecular formula is C44H31N3. The Balaban J connectivity index is 1.15. The molecule has 9 rings (SSSR count). The summed E-state index contributed by atoms with van der Waals surface area (Å²) < 4.78 is 2.37. The van der Waals surface area contributed by atoms with Gasteiger partial charge < -0.3 is 9.47 Å². The van der Waals surface area contributed by atoms with Gasteiger partial charge in [0.25, 0.3) is 0 Å². The highest BCUT2D eigenvalue weighted by atomic mass is 15.2. The number of aromatic nitrogens is 1. The average molecular weight is 602 g/mol. The maximum atomic E-state index is 9.49. The summed E-state index contributed by atoms with van der Waals surface area (Å²) in [5.74, 6) is 0. The second kappa shape index (κ2) is 10.5. The number of fused-ring (bicyclic) bond motifs is 6. The first-order chi connectivity index (χ1) is 23.1. The van der Waals surface area contributed by atoms with Crippen molar-refractivity contribution in [2.75, 3.05) is 4.90 Å². The molecule has 2 heterocycles. The van der Waals surface area contributed by atoms with Crippen molar-refractivity contribution < 1.29 is 0 Å². The van der Waals surface area contributed by atoms with Crippen LogP contribution in [-0.2, 0) is 0 Å². The van der Waals surface area contributed by atoms with Crippen molar-refractivity contribution in [2.24, 2.45) is 0 Å². The molecule has 0 radical (unpaired) electrons. The molecule has 1 aliphatic heterocycles. The predicted molar refractivity (Wildman–Crippen MR) is 195 cm³/mol. The van der Waals surface area contributed by atoms with E-state index in [1.165, 1.54) is 55.5 Å². The summed E-state index contributed by atoms with van der Waals surface area (Å²) in [6, 6.07) is 53.9. The average Bonchev–Trinajstić information content (AvgIpc) is 3.60.